The molecule has 3 rings (SSSR count). The molecule has 138 valence electrons. The van der Waals surface area contributed by atoms with Gasteiger partial charge in [0.25, 0.3) is 0 Å². The number of sulfone groups is 1. The van der Waals surface area contributed by atoms with Gasteiger partial charge in [0, 0.05) is 11.3 Å². The van der Waals surface area contributed by atoms with E-state index in [0.29, 0.717) is 17.3 Å². The van der Waals surface area contributed by atoms with Crippen LogP contribution in [0, 0.1) is 13.8 Å². The number of thioether (sulfide) groups is 1. The zero-order valence-electron chi connectivity index (χ0n) is 15.0. The van der Waals surface area contributed by atoms with Crippen molar-refractivity contribution in [2.24, 2.45) is 0 Å². The summed E-state index contributed by atoms with van der Waals surface area (Å²) in [5, 5.41) is 0. The summed E-state index contributed by atoms with van der Waals surface area (Å²) in [4.78, 5) is 16.9. The minimum absolute atomic E-state index is 0.183. The molecule has 1 aromatic rings. The van der Waals surface area contributed by atoms with Crippen molar-refractivity contribution in [3.63, 3.8) is 0 Å². The predicted octanol–water partition coefficient (Wildman–Crippen LogP) is 0.310. The van der Waals surface area contributed by atoms with Gasteiger partial charge in [-0.25, -0.2) is 8.42 Å². The molecule has 0 spiro atoms. The zero-order chi connectivity index (χ0) is 18.0. The fourth-order valence-corrected chi connectivity index (χ4v) is 6.50. The van der Waals surface area contributed by atoms with E-state index in [1.54, 1.807) is 11.8 Å². The van der Waals surface area contributed by atoms with Crippen LogP contribution in [0.3, 0.4) is 0 Å². The highest BCUT2D eigenvalue weighted by Gasteiger charge is 2.37. The summed E-state index contributed by atoms with van der Waals surface area (Å²) in [6, 6.07) is 6.54. The third kappa shape index (κ3) is 4.77. The zero-order valence-corrected chi connectivity index (χ0v) is 16.6. The van der Waals surface area contributed by atoms with Gasteiger partial charge in [-0.15, -0.1) is 11.8 Å². The van der Waals surface area contributed by atoms with Gasteiger partial charge in [-0.2, -0.15) is 0 Å². The molecule has 1 amide bonds. The van der Waals surface area contributed by atoms with Gasteiger partial charge in [0.1, 0.15) is 11.8 Å². The fraction of sp³-hybridized carbons (Fsp3) is 0.611. The van der Waals surface area contributed by atoms with Gasteiger partial charge in [-0.3, -0.25) is 4.79 Å². The summed E-state index contributed by atoms with van der Waals surface area (Å²) in [5.41, 5.74) is 2.45. The monoisotopic (exact) mass is 383 g/mol. The number of carbonyl (C=O) groups is 1. The number of hydrogen-bond acceptors (Lipinski definition) is 4. The van der Waals surface area contributed by atoms with Crippen LogP contribution in [0.15, 0.2) is 23.1 Å². The molecule has 2 aliphatic heterocycles. The summed E-state index contributed by atoms with van der Waals surface area (Å²) in [7, 11) is -2.83. The largest absolute Gasteiger partial charge is 0.331 e. The molecular weight excluding hydrogens is 356 g/mol. The smallest absolute Gasteiger partial charge is 0.233 e. The van der Waals surface area contributed by atoms with Crippen molar-refractivity contribution in [3.05, 3.63) is 29.3 Å². The molecule has 5 nitrogen and oxygen atoms in total. The maximum atomic E-state index is 12.5. The number of amides is 1. The summed E-state index contributed by atoms with van der Waals surface area (Å²) >= 11 is 1.61. The van der Waals surface area contributed by atoms with E-state index in [1.165, 1.54) is 20.9 Å². The molecule has 1 atom stereocenters. The number of aryl methyl sites for hydroxylation is 2. The number of quaternary nitrogens is 1. The van der Waals surface area contributed by atoms with E-state index in [2.05, 4.69) is 32.0 Å². The molecule has 7 heteroatoms. The second-order valence-corrected chi connectivity index (χ2v) is 10.4. The lowest BCUT2D eigenvalue weighted by Gasteiger charge is -2.35. The Labute approximate surface area is 154 Å². The van der Waals surface area contributed by atoms with Crippen LogP contribution < -0.4 is 4.90 Å². The lowest BCUT2D eigenvalue weighted by Crippen LogP contribution is -3.18. The van der Waals surface area contributed by atoms with Gasteiger partial charge in [-0.05, 0) is 25.5 Å². The normalized spacial score (nSPS) is 23.8. The molecule has 0 aliphatic carbocycles. The third-order valence-corrected chi connectivity index (χ3v) is 8.18. The first-order valence-corrected chi connectivity index (χ1v) is 11.7. The van der Waals surface area contributed by atoms with Crippen molar-refractivity contribution >= 4 is 27.5 Å². The van der Waals surface area contributed by atoms with Gasteiger partial charge >= 0.3 is 0 Å². The Morgan fingerprint density at radius 1 is 1.28 bits per heavy atom. The summed E-state index contributed by atoms with van der Waals surface area (Å²) < 4.78 is 23.3. The second kappa shape index (κ2) is 7.68. The second-order valence-electron chi connectivity index (χ2n) is 7.20. The standard InChI is InChI=1S/C18H26N2O3S2/c1-14-3-4-17(15(2)11-14)24-12-18(21)20-8-6-19(7-9-20)16-5-10-25(22,23)13-16/h3-4,11,16H,5-10,12-13H2,1-2H3/p+1/t16-/m0/s1. The van der Waals surface area contributed by atoms with E-state index in [9.17, 15) is 13.2 Å². The highest BCUT2D eigenvalue weighted by Crippen LogP contribution is 2.23. The van der Waals surface area contributed by atoms with E-state index in [-0.39, 0.29) is 11.9 Å². The minimum atomic E-state index is -2.83. The molecule has 0 radical (unpaired) electrons. The number of hydrogen-bond donors (Lipinski definition) is 1. The number of nitrogens with zero attached hydrogens (tertiary/aromatic N) is 1. The van der Waals surface area contributed by atoms with Crippen molar-refractivity contribution in [1.29, 1.82) is 0 Å². The number of nitrogens with one attached hydrogen (secondary N) is 1. The molecule has 2 fully saturated rings. The van der Waals surface area contributed by atoms with Crippen LogP contribution in [0.5, 0.6) is 0 Å². The maximum absolute atomic E-state index is 12.5. The SMILES string of the molecule is Cc1ccc(SCC(=O)N2CC[NH+]([C@H]3CCS(=O)(=O)C3)CC2)c(C)c1. The Morgan fingerprint density at radius 3 is 2.60 bits per heavy atom. The van der Waals surface area contributed by atoms with Crippen molar-refractivity contribution < 1.29 is 18.1 Å². The Balaban J connectivity index is 1.47. The molecule has 1 aromatic carbocycles. The van der Waals surface area contributed by atoms with Crippen LogP contribution in [0.4, 0.5) is 0 Å². The minimum Gasteiger partial charge on any atom is -0.331 e. The van der Waals surface area contributed by atoms with E-state index in [4.69, 9.17) is 0 Å². The number of piperazine rings is 1. The number of rotatable bonds is 4. The van der Waals surface area contributed by atoms with Crippen LogP contribution in [0.25, 0.3) is 0 Å². The van der Waals surface area contributed by atoms with Crippen LogP contribution in [-0.2, 0) is 14.6 Å². The topological polar surface area (TPSA) is 58.9 Å². The molecule has 1 N–H and O–H groups in total. The maximum Gasteiger partial charge on any atom is 0.233 e. The summed E-state index contributed by atoms with van der Waals surface area (Å²) in [6.07, 6.45) is 0.772. The van der Waals surface area contributed by atoms with Crippen LogP contribution >= 0.6 is 11.8 Å². The van der Waals surface area contributed by atoms with Gasteiger partial charge in [0.15, 0.2) is 9.84 Å². The van der Waals surface area contributed by atoms with Crippen molar-refractivity contribution in [2.75, 3.05) is 43.4 Å². The average Bonchev–Trinajstić information content (AvgIpc) is 2.94. The first-order valence-electron chi connectivity index (χ1n) is 8.87. The molecule has 0 saturated carbocycles. The van der Waals surface area contributed by atoms with Crippen LogP contribution in [0.1, 0.15) is 17.5 Å². The van der Waals surface area contributed by atoms with E-state index >= 15 is 0 Å². The first kappa shape index (κ1) is 18.7. The average molecular weight is 384 g/mol. The van der Waals surface area contributed by atoms with E-state index < -0.39 is 9.84 Å². The molecule has 2 aliphatic rings. The van der Waals surface area contributed by atoms with E-state index in [1.807, 2.05) is 4.90 Å². The molecule has 2 saturated heterocycles. The van der Waals surface area contributed by atoms with Crippen molar-refractivity contribution in [3.8, 4) is 0 Å². The van der Waals surface area contributed by atoms with Gasteiger partial charge in [-0.1, -0.05) is 17.7 Å². The highest BCUT2D eigenvalue weighted by molar-refractivity contribution is 8.00. The number of benzene rings is 1. The molecule has 0 bridgehead atoms. The quantitative estimate of drug-likeness (QED) is 0.761. The lowest BCUT2D eigenvalue weighted by molar-refractivity contribution is -0.925. The van der Waals surface area contributed by atoms with Gasteiger partial charge in [0.2, 0.25) is 5.91 Å². The van der Waals surface area contributed by atoms with Gasteiger partial charge < -0.3 is 9.80 Å². The molecule has 2 heterocycles. The van der Waals surface area contributed by atoms with Crippen molar-refractivity contribution in [1.82, 2.24) is 4.90 Å². The molecular formula is C18H27N2O3S2+. The Kier molecular flexibility index (Phi) is 5.75. The van der Waals surface area contributed by atoms with Crippen molar-refractivity contribution in [2.45, 2.75) is 31.2 Å². The first-order chi connectivity index (χ1) is 11.8. The Bertz CT molecular complexity index is 741. The Morgan fingerprint density at radius 2 is 2.00 bits per heavy atom. The van der Waals surface area contributed by atoms with Crippen LogP contribution in [-0.4, -0.2) is 68.7 Å². The molecule has 0 unspecified atom stereocenters. The predicted molar refractivity (Wildman–Crippen MR) is 101 cm³/mol. The number of carbonyl (C=O) groups excluding carboxylic acids is 1. The van der Waals surface area contributed by atoms with Gasteiger partial charge in [0.05, 0.1) is 37.7 Å². The lowest BCUT2D eigenvalue weighted by atomic mass is 10.2. The molecule has 25 heavy (non-hydrogen) atoms. The third-order valence-electron chi connectivity index (χ3n) is 5.25. The molecule has 0 aromatic heterocycles. The Hall–Kier alpha value is -1.05. The summed E-state index contributed by atoms with van der Waals surface area (Å²) in [6.45, 7) is 7.35. The fourth-order valence-electron chi connectivity index (χ4n) is 3.76. The van der Waals surface area contributed by atoms with Crippen LogP contribution in [0.2, 0.25) is 0 Å². The van der Waals surface area contributed by atoms with E-state index in [0.717, 1.165) is 32.6 Å². The highest BCUT2D eigenvalue weighted by atomic mass is 32.2. The summed E-state index contributed by atoms with van der Waals surface area (Å²) in [5.74, 6) is 1.30.